The fourth-order valence-electron chi connectivity index (χ4n) is 2.60. The van der Waals surface area contributed by atoms with Crippen LogP contribution in [-0.2, 0) is 16.2 Å². The van der Waals surface area contributed by atoms with Crippen molar-refractivity contribution in [1.82, 2.24) is 5.43 Å². The van der Waals surface area contributed by atoms with Crippen LogP contribution in [0.25, 0.3) is 0 Å². The van der Waals surface area contributed by atoms with E-state index in [2.05, 4.69) is 15.8 Å². The molecule has 7 nitrogen and oxygen atoms in total. The number of rotatable bonds is 8. The van der Waals surface area contributed by atoms with E-state index in [9.17, 15) is 9.59 Å². The largest absolute Gasteiger partial charge is 0.494 e. The molecule has 7 heteroatoms. The zero-order valence-corrected chi connectivity index (χ0v) is 17.1. The van der Waals surface area contributed by atoms with Crippen LogP contribution in [0.3, 0.4) is 0 Å². The highest BCUT2D eigenvalue weighted by molar-refractivity contribution is 6.39. The van der Waals surface area contributed by atoms with Crippen LogP contribution in [-0.4, -0.2) is 24.6 Å². The molecule has 3 rings (SSSR count). The molecule has 0 aliphatic carbocycles. The number of nitrogens with zero attached hydrogens (tertiary/aromatic N) is 1. The molecule has 0 aliphatic heterocycles. The van der Waals surface area contributed by atoms with E-state index in [1.165, 1.54) is 6.21 Å². The van der Waals surface area contributed by atoms with E-state index < -0.39 is 11.8 Å². The lowest BCUT2D eigenvalue weighted by atomic mass is 10.2. The number of hydrazone groups is 1. The summed E-state index contributed by atoms with van der Waals surface area (Å²) in [4.78, 5) is 23.9. The first-order chi connectivity index (χ1) is 15.1. The van der Waals surface area contributed by atoms with Gasteiger partial charge in [-0.3, -0.25) is 9.59 Å². The van der Waals surface area contributed by atoms with Gasteiger partial charge in [0.25, 0.3) is 0 Å². The van der Waals surface area contributed by atoms with E-state index in [1.807, 2.05) is 49.4 Å². The number of carbonyl (C=O) groups is 2. The molecular weight excluding hydrogens is 394 g/mol. The van der Waals surface area contributed by atoms with Crippen LogP contribution in [0.5, 0.6) is 11.5 Å². The Balaban J connectivity index is 1.44. The van der Waals surface area contributed by atoms with Gasteiger partial charge in [0.2, 0.25) is 0 Å². The predicted molar refractivity (Wildman–Crippen MR) is 119 cm³/mol. The first-order valence-electron chi connectivity index (χ1n) is 9.78. The van der Waals surface area contributed by atoms with Crippen molar-refractivity contribution in [3.8, 4) is 11.5 Å². The molecule has 0 heterocycles. The second-order valence-corrected chi connectivity index (χ2v) is 6.45. The van der Waals surface area contributed by atoms with Crippen LogP contribution in [0.15, 0.2) is 84.0 Å². The smallest absolute Gasteiger partial charge is 0.329 e. The van der Waals surface area contributed by atoms with Crippen molar-refractivity contribution in [2.75, 3.05) is 11.9 Å². The second kappa shape index (κ2) is 11.2. The normalized spacial score (nSPS) is 10.5. The molecule has 3 aromatic rings. The minimum atomic E-state index is -0.868. The van der Waals surface area contributed by atoms with Crippen molar-refractivity contribution in [3.63, 3.8) is 0 Å². The van der Waals surface area contributed by atoms with Gasteiger partial charge in [0.15, 0.2) is 0 Å². The Hall–Kier alpha value is -4.13. The van der Waals surface area contributed by atoms with E-state index in [-0.39, 0.29) is 0 Å². The zero-order valence-electron chi connectivity index (χ0n) is 17.1. The van der Waals surface area contributed by atoms with Crippen LogP contribution in [0.4, 0.5) is 5.69 Å². The van der Waals surface area contributed by atoms with E-state index in [0.29, 0.717) is 24.7 Å². The zero-order chi connectivity index (χ0) is 21.9. The first-order valence-corrected chi connectivity index (χ1v) is 9.78. The van der Waals surface area contributed by atoms with Gasteiger partial charge < -0.3 is 14.8 Å². The van der Waals surface area contributed by atoms with Gasteiger partial charge in [0, 0.05) is 5.69 Å². The summed E-state index contributed by atoms with van der Waals surface area (Å²) < 4.78 is 11.1. The van der Waals surface area contributed by atoms with Crippen LogP contribution in [0, 0.1) is 0 Å². The van der Waals surface area contributed by atoms with Gasteiger partial charge in [-0.25, -0.2) is 5.43 Å². The number of hydrogen-bond donors (Lipinski definition) is 2. The minimum Gasteiger partial charge on any atom is -0.494 e. The molecule has 0 spiro atoms. The summed E-state index contributed by atoms with van der Waals surface area (Å²) >= 11 is 0. The van der Waals surface area contributed by atoms with Crippen LogP contribution in [0.2, 0.25) is 0 Å². The number of anilines is 1. The molecule has 31 heavy (non-hydrogen) atoms. The average Bonchev–Trinajstić information content (AvgIpc) is 2.80. The maximum Gasteiger partial charge on any atom is 0.329 e. The summed E-state index contributed by atoms with van der Waals surface area (Å²) in [7, 11) is 0. The van der Waals surface area contributed by atoms with Gasteiger partial charge >= 0.3 is 11.8 Å². The van der Waals surface area contributed by atoms with Gasteiger partial charge in [-0.2, -0.15) is 5.10 Å². The molecule has 0 saturated heterocycles. The summed E-state index contributed by atoms with van der Waals surface area (Å²) in [5, 5.41) is 6.32. The summed E-state index contributed by atoms with van der Waals surface area (Å²) in [5.74, 6) is -0.273. The molecule has 0 unspecified atom stereocenters. The molecular formula is C24H23N3O4. The molecule has 2 N–H and O–H groups in total. The van der Waals surface area contributed by atoms with Crippen molar-refractivity contribution in [1.29, 1.82) is 0 Å². The Morgan fingerprint density at radius 3 is 2.16 bits per heavy atom. The first kappa shape index (κ1) is 21.6. The van der Waals surface area contributed by atoms with Gasteiger partial charge in [-0.15, -0.1) is 0 Å². The van der Waals surface area contributed by atoms with Crippen molar-refractivity contribution < 1.29 is 19.1 Å². The van der Waals surface area contributed by atoms with Crippen LogP contribution >= 0.6 is 0 Å². The van der Waals surface area contributed by atoms with Gasteiger partial charge in [-0.1, -0.05) is 30.3 Å². The van der Waals surface area contributed by atoms with Gasteiger partial charge in [-0.05, 0) is 66.6 Å². The topological polar surface area (TPSA) is 89.0 Å². The lowest BCUT2D eigenvalue weighted by molar-refractivity contribution is -0.136. The Morgan fingerprint density at radius 1 is 0.839 bits per heavy atom. The molecule has 0 atom stereocenters. The third kappa shape index (κ3) is 7.01. The van der Waals surface area contributed by atoms with E-state index in [1.54, 1.807) is 36.4 Å². The number of hydrogen-bond acceptors (Lipinski definition) is 5. The highest BCUT2D eigenvalue weighted by atomic mass is 16.5. The molecule has 3 aromatic carbocycles. The molecule has 0 bridgehead atoms. The highest BCUT2D eigenvalue weighted by Gasteiger charge is 2.12. The quantitative estimate of drug-likeness (QED) is 0.332. The third-order valence-electron chi connectivity index (χ3n) is 4.14. The Kier molecular flexibility index (Phi) is 7.77. The van der Waals surface area contributed by atoms with E-state index in [0.717, 1.165) is 16.9 Å². The minimum absolute atomic E-state index is 0.480. The van der Waals surface area contributed by atoms with Crippen molar-refractivity contribution in [3.05, 3.63) is 90.0 Å². The maximum atomic E-state index is 12.0. The lowest BCUT2D eigenvalue weighted by Crippen LogP contribution is -2.32. The van der Waals surface area contributed by atoms with Crippen LogP contribution < -0.4 is 20.2 Å². The Bertz CT molecular complexity index is 1020. The second-order valence-electron chi connectivity index (χ2n) is 6.45. The summed E-state index contributed by atoms with van der Waals surface area (Å²) in [5.41, 5.74) is 4.52. The molecule has 158 valence electrons. The Morgan fingerprint density at radius 2 is 1.48 bits per heavy atom. The monoisotopic (exact) mass is 417 g/mol. The third-order valence-corrected chi connectivity index (χ3v) is 4.14. The highest BCUT2D eigenvalue weighted by Crippen LogP contribution is 2.15. The maximum absolute atomic E-state index is 12.0. The van der Waals surface area contributed by atoms with Gasteiger partial charge in [0.1, 0.15) is 18.1 Å². The van der Waals surface area contributed by atoms with E-state index >= 15 is 0 Å². The standard InChI is InChI=1S/C24H23N3O4/c1-2-30-21-14-10-20(11-15-21)26-23(28)24(29)27-25-16-18-8-12-22(13-9-18)31-17-19-6-4-3-5-7-19/h3-16H,2,17H2,1H3,(H,26,28)(H,27,29)/b25-16+. The molecule has 0 aliphatic rings. The lowest BCUT2D eigenvalue weighted by Gasteiger charge is -2.06. The molecule has 0 saturated carbocycles. The van der Waals surface area contributed by atoms with Gasteiger partial charge in [0.05, 0.1) is 12.8 Å². The Labute approximate surface area is 180 Å². The fraction of sp³-hybridized carbons (Fsp3) is 0.125. The number of ether oxygens (including phenoxy) is 2. The molecule has 0 radical (unpaired) electrons. The number of nitrogens with one attached hydrogen (secondary N) is 2. The summed E-state index contributed by atoms with van der Waals surface area (Å²) in [6, 6.07) is 23.8. The molecule has 0 aromatic heterocycles. The molecule has 0 fully saturated rings. The molecule has 2 amide bonds. The number of carbonyl (C=O) groups excluding carboxylic acids is 2. The fourth-order valence-corrected chi connectivity index (χ4v) is 2.60. The van der Waals surface area contributed by atoms with Crippen molar-refractivity contribution in [2.45, 2.75) is 13.5 Å². The summed E-state index contributed by atoms with van der Waals surface area (Å²) in [6.07, 6.45) is 1.45. The average molecular weight is 417 g/mol. The number of benzene rings is 3. The van der Waals surface area contributed by atoms with Crippen LogP contribution in [0.1, 0.15) is 18.1 Å². The SMILES string of the molecule is CCOc1ccc(NC(=O)C(=O)N/N=C/c2ccc(OCc3ccccc3)cc2)cc1. The van der Waals surface area contributed by atoms with Crippen molar-refractivity contribution >= 4 is 23.7 Å². The predicted octanol–water partition coefficient (Wildman–Crippen LogP) is 3.75. The van der Waals surface area contributed by atoms with Crippen molar-refractivity contribution in [2.24, 2.45) is 5.10 Å². The van der Waals surface area contributed by atoms with E-state index in [4.69, 9.17) is 9.47 Å². The number of amides is 2. The summed E-state index contributed by atoms with van der Waals surface area (Å²) in [6.45, 7) is 2.91.